The first-order chi connectivity index (χ1) is 15.1. The quantitative estimate of drug-likeness (QED) is 0.364. The molecule has 31 heavy (non-hydrogen) atoms. The van der Waals surface area contributed by atoms with Crippen molar-refractivity contribution in [1.82, 2.24) is 4.90 Å². The van der Waals surface area contributed by atoms with Gasteiger partial charge in [-0.15, -0.1) is 0 Å². The standard InChI is InChI=1S/C24H23N3O4/c1-18(26-15-14-25-17-26)20-8-12-22(13-9-20)31-24-5-3-2-4-23(24)30-16-19-6-10-21(11-7-19)27(28)29/h2-13,17-18H,14-16H2,1H3. The molecule has 1 unspecified atom stereocenters. The molecule has 0 radical (unpaired) electrons. The van der Waals surface area contributed by atoms with Gasteiger partial charge in [0.05, 0.1) is 23.8 Å². The van der Waals surface area contributed by atoms with E-state index in [1.54, 1.807) is 12.1 Å². The predicted octanol–water partition coefficient (Wildman–Crippen LogP) is 5.37. The molecule has 0 bridgehead atoms. The smallest absolute Gasteiger partial charge is 0.269 e. The van der Waals surface area contributed by atoms with Crippen LogP contribution in [0.15, 0.2) is 77.8 Å². The highest BCUT2D eigenvalue weighted by Gasteiger charge is 2.15. The first-order valence-corrected chi connectivity index (χ1v) is 10.1. The fourth-order valence-corrected chi connectivity index (χ4v) is 3.35. The van der Waals surface area contributed by atoms with E-state index in [2.05, 4.69) is 28.9 Å². The molecule has 0 fully saturated rings. The number of benzene rings is 3. The molecule has 7 heteroatoms. The lowest BCUT2D eigenvalue weighted by molar-refractivity contribution is -0.384. The summed E-state index contributed by atoms with van der Waals surface area (Å²) in [7, 11) is 0. The molecule has 0 amide bonds. The Morgan fingerprint density at radius 3 is 2.39 bits per heavy atom. The maximum atomic E-state index is 10.8. The van der Waals surface area contributed by atoms with Crippen molar-refractivity contribution in [3.63, 3.8) is 0 Å². The summed E-state index contributed by atoms with van der Waals surface area (Å²) in [4.78, 5) is 16.9. The van der Waals surface area contributed by atoms with Gasteiger partial charge in [-0.3, -0.25) is 15.1 Å². The maximum absolute atomic E-state index is 10.8. The van der Waals surface area contributed by atoms with Crippen LogP contribution < -0.4 is 9.47 Å². The monoisotopic (exact) mass is 417 g/mol. The Labute approximate surface area is 180 Å². The van der Waals surface area contributed by atoms with Gasteiger partial charge < -0.3 is 14.4 Å². The second-order valence-electron chi connectivity index (χ2n) is 7.27. The van der Waals surface area contributed by atoms with Crippen LogP contribution in [0.2, 0.25) is 0 Å². The minimum absolute atomic E-state index is 0.0577. The molecular weight excluding hydrogens is 394 g/mol. The van der Waals surface area contributed by atoms with Crippen molar-refractivity contribution in [2.45, 2.75) is 19.6 Å². The normalized spacial score (nSPS) is 13.8. The van der Waals surface area contributed by atoms with E-state index in [0.717, 1.165) is 24.4 Å². The van der Waals surface area contributed by atoms with Crippen LogP contribution in [0.1, 0.15) is 24.1 Å². The third kappa shape index (κ3) is 5.01. The van der Waals surface area contributed by atoms with Crippen LogP contribution in [-0.2, 0) is 6.61 Å². The zero-order chi connectivity index (χ0) is 21.6. The molecule has 3 aromatic rings. The highest BCUT2D eigenvalue weighted by molar-refractivity contribution is 5.58. The lowest BCUT2D eigenvalue weighted by Crippen LogP contribution is -2.23. The Kier molecular flexibility index (Phi) is 6.12. The van der Waals surface area contributed by atoms with E-state index < -0.39 is 4.92 Å². The summed E-state index contributed by atoms with van der Waals surface area (Å²) in [6, 6.07) is 22.0. The van der Waals surface area contributed by atoms with Gasteiger partial charge in [-0.2, -0.15) is 0 Å². The second-order valence-corrected chi connectivity index (χ2v) is 7.27. The van der Waals surface area contributed by atoms with Crippen LogP contribution in [0.3, 0.4) is 0 Å². The topological polar surface area (TPSA) is 77.2 Å². The Morgan fingerprint density at radius 1 is 1.03 bits per heavy atom. The number of aliphatic imine (C=N–C) groups is 1. The van der Waals surface area contributed by atoms with Gasteiger partial charge in [-0.25, -0.2) is 0 Å². The van der Waals surface area contributed by atoms with Crippen molar-refractivity contribution in [2.75, 3.05) is 13.1 Å². The van der Waals surface area contributed by atoms with E-state index in [1.165, 1.54) is 17.7 Å². The van der Waals surface area contributed by atoms with Crippen LogP contribution in [0.25, 0.3) is 0 Å². The Bertz CT molecular complexity index is 1060. The van der Waals surface area contributed by atoms with Crippen molar-refractivity contribution >= 4 is 12.0 Å². The maximum Gasteiger partial charge on any atom is 0.269 e. The van der Waals surface area contributed by atoms with Crippen molar-refractivity contribution in [3.05, 3.63) is 94.0 Å². The van der Waals surface area contributed by atoms with E-state index >= 15 is 0 Å². The van der Waals surface area contributed by atoms with E-state index in [9.17, 15) is 10.1 Å². The van der Waals surface area contributed by atoms with Crippen LogP contribution in [0.4, 0.5) is 5.69 Å². The SMILES string of the molecule is CC(c1ccc(Oc2ccccc2OCc2ccc([N+](=O)[O-])cc2)cc1)N1C=NCC1. The van der Waals surface area contributed by atoms with Crippen LogP contribution >= 0.6 is 0 Å². The molecular formula is C24H23N3O4. The molecule has 0 aromatic heterocycles. The lowest BCUT2D eigenvalue weighted by atomic mass is 10.1. The van der Waals surface area contributed by atoms with Crippen LogP contribution in [0.5, 0.6) is 17.2 Å². The summed E-state index contributed by atoms with van der Waals surface area (Å²) in [6.07, 6.45) is 1.91. The van der Waals surface area contributed by atoms with Crippen molar-refractivity contribution < 1.29 is 14.4 Å². The van der Waals surface area contributed by atoms with E-state index in [0.29, 0.717) is 11.5 Å². The number of para-hydroxylation sites is 2. The highest BCUT2D eigenvalue weighted by Crippen LogP contribution is 2.33. The van der Waals surface area contributed by atoms with E-state index in [-0.39, 0.29) is 18.3 Å². The van der Waals surface area contributed by atoms with Crippen LogP contribution in [0, 0.1) is 10.1 Å². The Hall–Kier alpha value is -3.87. The molecule has 3 aromatic carbocycles. The number of nitro groups is 1. The Morgan fingerprint density at radius 2 is 1.74 bits per heavy atom. The number of rotatable bonds is 8. The zero-order valence-electron chi connectivity index (χ0n) is 17.2. The van der Waals surface area contributed by atoms with E-state index in [1.807, 2.05) is 42.7 Å². The minimum Gasteiger partial charge on any atom is -0.485 e. The fourth-order valence-electron chi connectivity index (χ4n) is 3.35. The average Bonchev–Trinajstić information content (AvgIpc) is 3.34. The molecule has 0 saturated heterocycles. The summed E-state index contributed by atoms with van der Waals surface area (Å²) in [5, 5.41) is 10.8. The van der Waals surface area contributed by atoms with Gasteiger partial charge >= 0.3 is 0 Å². The molecule has 1 aliphatic heterocycles. The third-order valence-electron chi connectivity index (χ3n) is 5.20. The fraction of sp³-hybridized carbons (Fsp3) is 0.208. The number of ether oxygens (including phenoxy) is 2. The van der Waals surface area contributed by atoms with E-state index in [4.69, 9.17) is 9.47 Å². The number of nitro benzene ring substituents is 1. The van der Waals surface area contributed by atoms with Gasteiger partial charge in [0, 0.05) is 18.7 Å². The number of non-ortho nitro benzene ring substituents is 1. The van der Waals surface area contributed by atoms with Crippen molar-refractivity contribution in [3.8, 4) is 17.2 Å². The zero-order valence-corrected chi connectivity index (χ0v) is 17.2. The molecule has 1 heterocycles. The van der Waals surface area contributed by atoms with Crippen molar-refractivity contribution in [1.29, 1.82) is 0 Å². The molecule has 0 saturated carbocycles. The number of hydrogen-bond acceptors (Lipinski definition) is 6. The molecule has 4 rings (SSSR count). The van der Waals surface area contributed by atoms with Crippen LogP contribution in [-0.4, -0.2) is 29.3 Å². The lowest BCUT2D eigenvalue weighted by Gasteiger charge is -2.23. The molecule has 0 N–H and O–H groups in total. The van der Waals surface area contributed by atoms with Gasteiger partial charge in [0.1, 0.15) is 12.4 Å². The average molecular weight is 417 g/mol. The summed E-state index contributed by atoms with van der Waals surface area (Å²) >= 11 is 0. The van der Waals surface area contributed by atoms with Crippen molar-refractivity contribution in [2.24, 2.45) is 4.99 Å². The number of nitrogens with zero attached hydrogens (tertiary/aromatic N) is 3. The van der Waals surface area contributed by atoms with Gasteiger partial charge in [0.2, 0.25) is 0 Å². The largest absolute Gasteiger partial charge is 0.485 e. The third-order valence-corrected chi connectivity index (χ3v) is 5.20. The summed E-state index contributed by atoms with van der Waals surface area (Å²) in [6.45, 7) is 4.24. The molecule has 1 atom stereocenters. The summed E-state index contributed by atoms with van der Waals surface area (Å²) in [5.41, 5.74) is 2.09. The highest BCUT2D eigenvalue weighted by atomic mass is 16.6. The number of hydrogen-bond donors (Lipinski definition) is 0. The predicted molar refractivity (Wildman–Crippen MR) is 119 cm³/mol. The minimum atomic E-state index is -0.418. The van der Waals surface area contributed by atoms with Gasteiger partial charge in [0.15, 0.2) is 11.5 Å². The second kappa shape index (κ2) is 9.30. The molecule has 158 valence electrons. The summed E-state index contributed by atoms with van der Waals surface area (Å²) < 4.78 is 12.0. The van der Waals surface area contributed by atoms with Gasteiger partial charge in [-0.1, -0.05) is 24.3 Å². The summed E-state index contributed by atoms with van der Waals surface area (Å²) in [5.74, 6) is 1.93. The molecule has 0 spiro atoms. The molecule has 1 aliphatic rings. The first-order valence-electron chi connectivity index (χ1n) is 10.1. The first kappa shape index (κ1) is 20.4. The molecule has 0 aliphatic carbocycles. The van der Waals surface area contributed by atoms with Gasteiger partial charge in [-0.05, 0) is 54.4 Å². The molecule has 7 nitrogen and oxygen atoms in total. The Balaban J connectivity index is 1.41. The van der Waals surface area contributed by atoms with Gasteiger partial charge in [0.25, 0.3) is 5.69 Å².